The lowest BCUT2D eigenvalue weighted by molar-refractivity contribution is -0.177. The van der Waals surface area contributed by atoms with Gasteiger partial charge in [0.1, 0.15) is 11.1 Å². The Kier molecular flexibility index (Phi) is 5.59. The largest absolute Gasteiger partial charge is 0.438 e. The maximum Gasteiger partial charge on any atom is 0.393 e. The van der Waals surface area contributed by atoms with Crippen LogP contribution in [0.15, 0.2) is 35.1 Å². The molecule has 0 radical (unpaired) electrons. The van der Waals surface area contributed by atoms with Gasteiger partial charge in [-0.15, -0.1) is 0 Å². The monoisotopic (exact) mass is 474 g/mol. The first-order valence-corrected chi connectivity index (χ1v) is 11.2. The average Bonchev–Trinajstić information content (AvgIpc) is 3.07. The Morgan fingerprint density at radius 2 is 2.03 bits per heavy atom. The highest BCUT2D eigenvalue weighted by Gasteiger charge is 2.44. The molecule has 1 aliphatic carbocycles. The number of pyridine rings is 2. The molecule has 1 saturated heterocycles. The molecule has 2 aliphatic rings. The third-order valence-electron chi connectivity index (χ3n) is 6.71. The molecule has 2 fully saturated rings. The number of amides is 1. The molecule has 0 bridgehead atoms. The third-order valence-corrected chi connectivity index (χ3v) is 6.71. The Bertz CT molecular complexity index is 1220. The summed E-state index contributed by atoms with van der Waals surface area (Å²) in [7, 11) is 0. The summed E-state index contributed by atoms with van der Waals surface area (Å²) >= 11 is 0. The molecule has 5 N–H and O–H groups in total. The first-order valence-electron chi connectivity index (χ1n) is 11.2. The molecule has 8 nitrogen and oxygen atoms in total. The van der Waals surface area contributed by atoms with Gasteiger partial charge in [-0.3, -0.25) is 14.8 Å². The fraction of sp³-hybridized carbons (Fsp3) is 0.435. The van der Waals surface area contributed by atoms with Gasteiger partial charge < -0.3 is 26.1 Å². The van der Waals surface area contributed by atoms with E-state index in [0.29, 0.717) is 22.7 Å². The lowest BCUT2D eigenvalue weighted by Crippen LogP contribution is -2.51. The Balaban J connectivity index is 1.42. The first-order chi connectivity index (χ1) is 16.2. The van der Waals surface area contributed by atoms with Gasteiger partial charge in [0, 0.05) is 31.5 Å². The van der Waals surface area contributed by atoms with Crippen molar-refractivity contribution in [1.29, 1.82) is 0 Å². The molecule has 1 aliphatic heterocycles. The van der Waals surface area contributed by atoms with Crippen molar-refractivity contribution in [1.82, 2.24) is 9.97 Å². The second kappa shape index (κ2) is 8.46. The fourth-order valence-corrected chi connectivity index (χ4v) is 4.71. The van der Waals surface area contributed by atoms with Crippen molar-refractivity contribution in [3.63, 3.8) is 0 Å². The first kappa shape index (κ1) is 22.5. The van der Waals surface area contributed by atoms with Crippen LogP contribution in [0.1, 0.15) is 47.5 Å². The number of nitrogens with two attached hydrogens (primary N) is 2. The quantitative estimate of drug-likeness (QED) is 0.521. The molecule has 0 spiro atoms. The minimum atomic E-state index is -4.36. The summed E-state index contributed by atoms with van der Waals surface area (Å²) in [5.41, 5.74) is 14.5. The zero-order chi connectivity index (χ0) is 24.0. The van der Waals surface area contributed by atoms with E-state index in [1.807, 2.05) is 6.07 Å². The summed E-state index contributed by atoms with van der Waals surface area (Å²) < 4.78 is 45.8. The van der Waals surface area contributed by atoms with Gasteiger partial charge in [0.05, 0.1) is 23.5 Å². The van der Waals surface area contributed by atoms with E-state index in [9.17, 15) is 18.0 Å². The summed E-state index contributed by atoms with van der Waals surface area (Å²) in [6, 6.07) is 2.77. The predicted octanol–water partition coefficient (Wildman–Crippen LogP) is 4.04. The van der Waals surface area contributed by atoms with Crippen molar-refractivity contribution in [2.24, 2.45) is 11.7 Å². The van der Waals surface area contributed by atoms with Gasteiger partial charge in [-0.2, -0.15) is 13.2 Å². The Morgan fingerprint density at radius 1 is 1.24 bits per heavy atom. The molecule has 11 heteroatoms. The molecule has 180 valence electrons. The standard InChI is InChI=1S/C23H25F3N6O2/c24-23(25,26)14-7-15(27)11-32(10-14)17-4-5-29-9-16(17)31-22(33)19-20-18(34-21(19)28)6-13(8-30-20)12-2-1-3-12/h4-6,8-9,12,14-15H,1-3,7,10-11,27-28H2,(H,31,33)/t14-,15+/m0/s1. The highest BCUT2D eigenvalue weighted by Crippen LogP contribution is 2.39. The Labute approximate surface area is 193 Å². The van der Waals surface area contributed by atoms with Crippen LogP contribution in [0.5, 0.6) is 0 Å². The number of halogens is 3. The highest BCUT2D eigenvalue weighted by atomic mass is 19.4. The van der Waals surface area contributed by atoms with Gasteiger partial charge in [-0.25, -0.2) is 0 Å². The zero-order valence-corrected chi connectivity index (χ0v) is 18.3. The second-order valence-corrected chi connectivity index (χ2v) is 9.07. The van der Waals surface area contributed by atoms with Crippen LogP contribution in [0.2, 0.25) is 0 Å². The summed E-state index contributed by atoms with van der Waals surface area (Å²) in [6.45, 7) is -0.0336. The van der Waals surface area contributed by atoms with Crippen LogP contribution in [0.25, 0.3) is 11.1 Å². The highest BCUT2D eigenvalue weighted by molar-refractivity contribution is 6.15. The van der Waals surface area contributed by atoms with Crippen molar-refractivity contribution in [2.45, 2.75) is 43.8 Å². The Morgan fingerprint density at radius 3 is 2.74 bits per heavy atom. The number of fused-ring (bicyclic) bond motifs is 1. The SMILES string of the molecule is Nc1oc2cc(C3CCC3)cnc2c1C(=O)Nc1cnccc1N1C[C@H](N)C[C@H](C(F)(F)F)C1. The van der Waals surface area contributed by atoms with Crippen molar-refractivity contribution in [2.75, 3.05) is 29.0 Å². The molecular weight excluding hydrogens is 449 g/mol. The number of piperidine rings is 1. The minimum absolute atomic E-state index is 0.0756. The fourth-order valence-electron chi connectivity index (χ4n) is 4.71. The van der Waals surface area contributed by atoms with Crippen molar-refractivity contribution in [3.8, 4) is 0 Å². The molecule has 5 rings (SSSR count). The zero-order valence-electron chi connectivity index (χ0n) is 18.3. The van der Waals surface area contributed by atoms with Gasteiger partial charge in [-0.1, -0.05) is 6.42 Å². The van der Waals surface area contributed by atoms with Crippen molar-refractivity contribution < 1.29 is 22.4 Å². The summed E-state index contributed by atoms with van der Waals surface area (Å²) in [4.78, 5) is 23.2. The van der Waals surface area contributed by atoms with E-state index >= 15 is 0 Å². The minimum Gasteiger partial charge on any atom is -0.438 e. The molecule has 3 aromatic heterocycles. The van der Waals surface area contributed by atoms with Crippen LogP contribution < -0.4 is 21.7 Å². The number of anilines is 3. The topological polar surface area (TPSA) is 123 Å². The molecule has 1 amide bonds. The molecule has 0 aromatic carbocycles. The van der Waals surface area contributed by atoms with Gasteiger partial charge >= 0.3 is 6.18 Å². The lowest BCUT2D eigenvalue weighted by atomic mass is 9.81. The number of nitrogens with zero attached hydrogens (tertiary/aromatic N) is 3. The Hall–Kier alpha value is -3.34. The van der Waals surface area contributed by atoms with Crippen LogP contribution in [0.3, 0.4) is 0 Å². The van der Waals surface area contributed by atoms with Crippen LogP contribution in [0.4, 0.5) is 30.4 Å². The van der Waals surface area contributed by atoms with Crippen LogP contribution >= 0.6 is 0 Å². The maximum absolute atomic E-state index is 13.4. The number of carbonyl (C=O) groups excluding carboxylic acids is 1. The smallest absolute Gasteiger partial charge is 0.393 e. The molecule has 34 heavy (non-hydrogen) atoms. The number of aromatic nitrogens is 2. The average molecular weight is 474 g/mol. The maximum atomic E-state index is 13.4. The summed E-state index contributed by atoms with van der Waals surface area (Å²) in [5.74, 6) is -1.78. The number of carbonyl (C=O) groups is 1. The summed E-state index contributed by atoms with van der Waals surface area (Å²) in [6.07, 6.45) is 3.44. The summed E-state index contributed by atoms with van der Waals surface area (Å²) in [5, 5.41) is 2.73. The van der Waals surface area contributed by atoms with Crippen molar-refractivity contribution >= 4 is 34.3 Å². The molecular formula is C23H25F3N6O2. The number of furan rings is 1. The van der Waals surface area contributed by atoms with E-state index < -0.39 is 24.0 Å². The second-order valence-electron chi connectivity index (χ2n) is 9.07. The molecule has 0 unspecified atom stereocenters. The van der Waals surface area contributed by atoms with Crippen LogP contribution in [-0.2, 0) is 0 Å². The molecule has 1 saturated carbocycles. The van der Waals surface area contributed by atoms with Crippen molar-refractivity contribution in [3.05, 3.63) is 41.9 Å². The number of hydrogen-bond acceptors (Lipinski definition) is 7. The number of rotatable bonds is 4. The third kappa shape index (κ3) is 4.15. The number of nitrogens with one attached hydrogen (secondary N) is 1. The van der Waals surface area contributed by atoms with E-state index in [4.69, 9.17) is 15.9 Å². The number of alkyl halides is 3. The van der Waals surface area contributed by atoms with Gasteiger partial charge in [0.2, 0.25) is 5.88 Å². The van der Waals surface area contributed by atoms with Gasteiger partial charge in [0.15, 0.2) is 5.58 Å². The molecule has 3 aromatic rings. The van der Waals surface area contributed by atoms with Gasteiger partial charge in [0.25, 0.3) is 5.91 Å². The van der Waals surface area contributed by atoms with E-state index in [0.717, 1.165) is 18.4 Å². The lowest BCUT2D eigenvalue weighted by Gasteiger charge is -2.39. The van der Waals surface area contributed by atoms with E-state index in [2.05, 4.69) is 15.3 Å². The molecule has 2 atom stereocenters. The number of hydrogen-bond donors (Lipinski definition) is 3. The van der Waals surface area contributed by atoms with Gasteiger partial charge in [-0.05, 0) is 42.9 Å². The molecule has 4 heterocycles. The normalized spacial score (nSPS) is 21.5. The van der Waals surface area contributed by atoms with E-state index in [1.165, 1.54) is 23.7 Å². The van der Waals surface area contributed by atoms with E-state index in [1.54, 1.807) is 12.3 Å². The van der Waals surface area contributed by atoms with Crippen LogP contribution in [0, 0.1) is 5.92 Å². The van der Waals surface area contributed by atoms with E-state index in [-0.39, 0.29) is 36.6 Å². The predicted molar refractivity (Wildman–Crippen MR) is 122 cm³/mol. The van der Waals surface area contributed by atoms with Crippen LogP contribution in [-0.4, -0.2) is 41.2 Å². The number of nitrogen functional groups attached to an aromatic ring is 1.